The molecule has 0 saturated heterocycles. The predicted octanol–water partition coefficient (Wildman–Crippen LogP) is 5.44. The molecule has 0 unspecified atom stereocenters. The summed E-state index contributed by atoms with van der Waals surface area (Å²) in [5, 5.41) is 5.46. The van der Waals surface area contributed by atoms with Crippen LogP contribution in [0.2, 0.25) is 10.0 Å². The lowest BCUT2D eigenvalue weighted by molar-refractivity contribution is -0.139. The first kappa shape index (κ1) is 25.0. The molecule has 0 fully saturated rings. The number of benzene rings is 3. The van der Waals surface area contributed by atoms with Crippen LogP contribution < -0.4 is 10.2 Å². The van der Waals surface area contributed by atoms with Crippen LogP contribution in [0.5, 0.6) is 0 Å². The number of halogens is 2. The highest BCUT2D eigenvalue weighted by Crippen LogP contribution is 2.37. The van der Waals surface area contributed by atoms with Gasteiger partial charge in [0.1, 0.15) is 12.6 Å². The zero-order chi connectivity index (χ0) is 25.1. The fourth-order valence-corrected chi connectivity index (χ4v) is 4.64. The first-order chi connectivity index (χ1) is 16.8. The highest BCUT2D eigenvalue weighted by molar-refractivity contribution is 6.42. The topological polar surface area (TPSA) is 69.7 Å². The number of nitrogens with zero attached hydrogens (tertiary/aromatic N) is 2. The van der Waals surface area contributed by atoms with E-state index in [1.54, 1.807) is 31.2 Å². The SMILES string of the molecule is CCCCNC(=O)[C@@H](C)N(Cc1ccc(Cl)c(Cl)c1)C(=O)CN1C(=O)c2cccc3cccc1c23. The molecule has 182 valence electrons. The monoisotopic (exact) mass is 511 g/mol. The standard InChI is InChI=1S/C27H27Cl2N3O3/c1-3-4-13-30-26(34)17(2)31(15-18-11-12-21(28)22(29)14-18)24(33)16-32-23-10-6-8-19-7-5-9-20(25(19)23)27(32)35/h5-12,14,17H,3-4,13,15-16H2,1-2H3,(H,30,34)/t17-/m1/s1. The van der Waals surface area contributed by atoms with E-state index in [2.05, 4.69) is 5.32 Å². The zero-order valence-corrected chi connectivity index (χ0v) is 21.2. The number of rotatable bonds is 9. The Bertz CT molecular complexity index is 1290. The zero-order valence-electron chi connectivity index (χ0n) is 19.7. The fraction of sp³-hybridized carbons (Fsp3) is 0.296. The van der Waals surface area contributed by atoms with E-state index in [4.69, 9.17) is 23.2 Å². The number of amides is 3. The summed E-state index contributed by atoms with van der Waals surface area (Å²) in [6, 6.07) is 15.6. The molecule has 6 nitrogen and oxygen atoms in total. The van der Waals surface area contributed by atoms with E-state index in [-0.39, 0.29) is 30.8 Å². The highest BCUT2D eigenvalue weighted by atomic mass is 35.5. The fourth-order valence-electron chi connectivity index (χ4n) is 4.32. The summed E-state index contributed by atoms with van der Waals surface area (Å²) in [6.45, 7) is 4.24. The van der Waals surface area contributed by atoms with Gasteiger partial charge in [-0.05, 0) is 48.6 Å². The molecule has 1 heterocycles. The number of carbonyl (C=O) groups excluding carboxylic acids is 3. The third kappa shape index (κ3) is 5.14. The Morgan fingerprint density at radius 1 is 1.06 bits per heavy atom. The van der Waals surface area contributed by atoms with Crippen molar-refractivity contribution in [1.29, 1.82) is 0 Å². The number of hydrogen-bond acceptors (Lipinski definition) is 3. The largest absolute Gasteiger partial charge is 0.354 e. The van der Waals surface area contributed by atoms with Crippen LogP contribution in [0.4, 0.5) is 5.69 Å². The summed E-state index contributed by atoms with van der Waals surface area (Å²) in [5.74, 6) is -0.808. The molecule has 8 heteroatoms. The molecule has 1 aliphatic heterocycles. The molecule has 1 aliphatic rings. The van der Waals surface area contributed by atoms with Gasteiger partial charge in [-0.3, -0.25) is 19.3 Å². The summed E-state index contributed by atoms with van der Waals surface area (Å²) in [7, 11) is 0. The second-order valence-electron chi connectivity index (χ2n) is 8.66. The van der Waals surface area contributed by atoms with Crippen LogP contribution in [-0.2, 0) is 16.1 Å². The summed E-state index contributed by atoms with van der Waals surface area (Å²) < 4.78 is 0. The lowest BCUT2D eigenvalue weighted by Crippen LogP contribution is -2.51. The quantitative estimate of drug-likeness (QED) is 0.388. The molecular formula is C27H27Cl2N3O3. The van der Waals surface area contributed by atoms with Crippen LogP contribution in [0.25, 0.3) is 10.8 Å². The molecule has 3 amide bonds. The van der Waals surface area contributed by atoms with Gasteiger partial charge in [0.25, 0.3) is 5.91 Å². The van der Waals surface area contributed by atoms with Gasteiger partial charge in [-0.2, -0.15) is 0 Å². The molecule has 3 aromatic rings. The maximum absolute atomic E-state index is 13.6. The van der Waals surface area contributed by atoms with Gasteiger partial charge in [0, 0.05) is 24.0 Å². The molecule has 0 aromatic heterocycles. The molecule has 4 rings (SSSR count). The van der Waals surface area contributed by atoms with E-state index in [1.165, 1.54) is 9.80 Å². The van der Waals surface area contributed by atoms with Gasteiger partial charge >= 0.3 is 0 Å². The number of nitrogens with one attached hydrogen (secondary N) is 1. The van der Waals surface area contributed by atoms with Gasteiger partial charge in [0.05, 0.1) is 15.7 Å². The van der Waals surface area contributed by atoms with E-state index in [1.807, 2.05) is 37.3 Å². The third-order valence-electron chi connectivity index (χ3n) is 6.28. The Kier molecular flexibility index (Phi) is 7.63. The summed E-state index contributed by atoms with van der Waals surface area (Å²) >= 11 is 12.2. The number of anilines is 1. The van der Waals surface area contributed by atoms with Crippen molar-refractivity contribution in [2.45, 2.75) is 39.3 Å². The lowest BCUT2D eigenvalue weighted by atomic mass is 10.1. The molecule has 3 aromatic carbocycles. The smallest absolute Gasteiger partial charge is 0.259 e. The predicted molar refractivity (Wildman–Crippen MR) is 140 cm³/mol. The molecule has 0 radical (unpaired) electrons. The van der Waals surface area contributed by atoms with E-state index in [0.29, 0.717) is 27.8 Å². The van der Waals surface area contributed by atoms with Crippen molar-refractivity contribution in [2.75, 3.05) is 18.0 Å². The number of carbonyl (C=O) groups is 3. The molecule has 1 N–H and O–H groups in total. The van der Waals surface area contributed by atoms with Crippen LogP contribution in [0.1, 0.15) is 42.6 Å². The Morgan fingerprint density at radius 2 is 1.80 bits per heavy atom. The highest BCUT2D eigenvalue weighted by Gasteiger charge is 2.34. The van der Waals surface area contributed by atoms with Crippen molar-refractivity contribution in [3.63, 3.8) is 0 Å². The summed E-state index contributed by atoms with van der Waals surface area (Å²) in [4.78, 5) is 42.7. The summed E-state index contributed by atoms with van der Waals surface area (Å²) in [6.07, 6.45) is 1.80. The van der Waals surface area contributed by atoms with Crippen molar-refractivity contribution in [1.82, 2.24) is 10.2 Å². The molecule has 0 aliphatic carbocycles. The number of hydrogen-bond donors (Lipinski definition) is 1. The van der Waals surface area contributed by atoms with Crippen molar-refractivity contribution >= 4 is 57.4 Å². The average Bonchev–Trinajstić information content (AvgIpc) is 3.12. The van der Waals surface area contributed by atoms with Crippen molar-refractivity contribution < 1.29 is 14.4 Å². The van der Waals surface area contributed by atoms with E-state index in [0.717, 1.165) is 29.2 Å². The molecule has 0 saturated carbocycles. The first-order valence-electron chi connectivity index (χ1n) is 11.7. The van der Waals surface area contributed by atoms with Gasteiger partial charge in [-0.15, -0.1) is 0 Å². The Morgan fingerprint density at radius 3 is 2.51 bits per heavy atom. The molecule has 0 bridgehead atoms. The van der Waals surface area contributed by atoms with Gasteiger partial charge in [-0.25, -0.2) is 0 Å². The van der Waals surface area contributed by atoms with Gasteiger partial charge in [0.15, 0.2) is 0 Å². The molecule has 0 spiro atoms. The van der Waals surface area contributed by atoms with Crippen LogP contribution in [0.3, 0.4) is 0 Å². The van der Waals surface area contributed by atoms with Gasteiger partial charge in [-0.1, -0.05) is 66.9 Å². The summed E-state index contributed by atoms with van der Waals surface area (Å²) in [5.41, 5.74) is 2.01. The molecule has 1 atom stereocenters. The average molecular weight is 512 g/mol. The van der Waals surface area contributed by atoms with Crippen LogP contribution in [-0.4, -0.2) is 41.8 Å². The Labute approximate surface area is 214 Å². The van der Waals surface area contributed by atoms with Crippen molar-refractivity contribution in [2.24, 2.45) is 0 Å². The van der Waals surface area contributed by atoms with Crippen LogP contribution >= 0.6 is 23.2 Å². The maximum atomic E-state index is 13.6. The van der Waals surface area contributed by atoms with E-state index in [9.17, 15) is 14.4 Å². The first-order valence-corrected chi connectivity index (χ1v) is 12.4. The third-order valence-corrected chi connectivity index (χ3v) is 7.02. The minimum atomic E-state index is -0.746. The lowest BCUT2D eigenvalue weighted by Gasteiger charge is -2.30. The van der Waals surface area contributed by atoms with Gasteiger partial charge in [0.2, 0.25) is 11.8 Å². The molecular weight excluding hydrogens is 485 g/mol. The van der Waals surface area contributed by atoms with Crippen molar-refractivity contribution in [3.8, 4) is 0 Å². The molecule has 35 heavy (non-hydrogen) atoms. The Hall–Kier alpha value is -3.09. The second-order valence-corrected chi connectivity index (χ2v) is 9.48. The van der Waals surface area contributed by atoms with E-state index >= 15 is 0 Å². The normalized spacial score (nSPS) is 13.3. The maximum Gasteiger partial charge on any atom is 0.259 e. The Balaban J connectivity index is 1.60. The second kappa shape index (κ2) is 10.7. The van der Waals surface area contributed by atoms with Crippen LogP contribution in [0.15, 0.2) is 54.6 Å². The minimum absolute atomic E-state index is 0.150. The van der Waals surface area contributed by atoms with Crippen LogP contribution in [0, 0.1) is 0 Å². The number of unbranched alkanes of at least 4 members (excludes halogenated alkanes) is 1. The van der Waals surface area contributed by atoms with Crippen molar-refractivity contribution in [3.05, 3.63) is 75.8 Å². The van der Waals surface area contributed by atoms with E-state index < -0.39 is 6.04 Å². The minimum Gasteiger partial charge on any atom is -0.354 e. The van der Waals surface area contributed by atoms with Gasteiger partial charge < -0.3 is 10.2 Å².